The first-order chi connectivity index (χ1) is 9.38. The molecule has 4 nitrogen and oxygen atoms in total. The van der Waals surface area contributed by atoms with Crippen LogP contribution in [0.1, 0.15) is 32.1 Å². The van der Waals surface area contributed by atoms with Crippen molar-refractivity contribution in [2.45, 2.75) is 50.2 Å². The Morgan fingerprint density at radius 2 is 1.84 bits per heavy atom. The van der Waals surface area contributed by atoms with Gasteiger partial charge in [-0.2, -0.15) is 0 Å². The van der Waals surface area contributed by atoms with Gasteiger partial charge in [0.05, 0.1) is 6.61 Å². The number of piperidine rings is 1. The Balaban J connectivity index is 1.55. The summed E-state index contributed by atoms with van der Waals surface area (Å²) in [6, 6.07) is 2.02. The maximum Gasteiger partial charge on any atom is 0.0637 e. The number of hydrogen-bond donors (Lipinski definition) is 1. The summed E-state index contributed by atoms with van der Waals surface area (Å²) in [4.78, 5) is 5.42. The van der Waals surface area contributed by atoms with Crippen molar-refractivity contribution in [2.75, 3.05) is 46.4 Å². The van der Waals surface area contributed by atoms with Crippen LogP contribution in [0.4, 0.5) is 0 Å². The quantitative estimate of drug-likeness (QED) is 0.823. The van der Waals surface area contributed by atoms with Crippen LogP contribution in [0.15, 0.2) is 0 Å². The highest BCUT2D eigenvalue weighted by Gasteiger charge is 2.36. The molecule has 3 saturated heterocycles. The highest BCUT2D eigenvalue weighted by Crippen LogP contribution is 2.24. The first kappa shape index (κ1) is 13.8. The van der Waals surface area contributed by atoms with Crippen LogP contribution in [0.25, 0.3) is 0 Å². The van der Waals surface area contributed by atoms with Gasteiger partial charge in [0.1, 0.15) is 0 Å². The van der Waals surface area contributed by atoms with E-state index in [1.165, 1.54) is 51.9 Å². The molecule has 0 amide bonds. The molecular formula is C15H29N3O. The third kappa shape index (κ3) is 3.13. The molecule has 0 aromatic rings. The summed E-state index contributed by atoms with van der Waals surface area (Å²) in [7, 11) is 2.10. The summed E-state index contributed by atoms with van der Waals surface area (Å²) in [5, 5.41) is 3.49. The largest absolute Gasteiger partial charge is 0.380 e. The van der Waals surface area contributed by atoms with Gasteiger partial charge in [0.25, 0.3) is 0 Å². The lowest BCUT2D eigenvalue weighted by atomic mass is 10.0. The van der Waals surface area contributed by atoms with E-state index in [2.05, 4.69) is 22.2 Å². The second-order valence-electron chi connectivity index (χ2n) is 6.36. The lowest BCUT2D eigenvalue weighted by Gasteiger charge is -2.38. The lowest BCUT2D eigenvalue weighted by molar-refractivity contribution is 0.00406. The molecule has 3 unspecified atom stereocenters. The fourth-order valence-electron chi connectivity index (χ4n) is 4.07. The van der Waals surface area contributed by atoms with E-state index in [0.29, 0.717) is 12.1 Å². The maximum atomic E-state index is 5.71. The van der Waals surface area contributed by atoms with Crippen molar-refractivity contribution in [1.29, 1.82) is 0 Å². The number of nitrogens with zero attached hydrogens (tertiary/aromatic N) is 2. The van der Waals surface area contributed by atoms with Gasteiger partial charge < -0.3 is 10.1 Å². The van der Waals surface area contributed by atoms with E-state index in [0.717, 1.165) is 25.7 Å². The van der Waals surface area contributed by atoms with Crippen molar-refractivity contribution in [2.24, 2.45) is 0 Å². The molecule has 3 atom stereocenters. The van der Waals surface area contributed by atoms with Gasteiger partial charge in [0, 0.05) is 37.8 Å². The summed E-state index contributed by atoms with van der Waals surface area (Å²) < 4.78 is 5.71. The molecule has 0 bridgehead atoms. The van der Waals surface area contributed by atoms with Crippen LogP contribution in [-0.4, -0.2) is 74.4 Å². The number of ether oxygens (including phenoxy) is 1. The molecule has 0 radical (unpaired) electrons. The summed E-state index contributed by atoms with van der Waals surface area (Å²) in [6.07, 6.45) is 6.76. The maximum absolute atomic E-state index is 5.71. The Labute approximate surface area is 117 Å². The standard InChI is InChI=1S/C15H29N3O/c1-16-14-6-10-19-12-15(14)18-9-5-13(11-18)17-7-3-2-4-8-17/h13-16H,2-12H2,1H3. The van der Waals surface area contributed by atoms with E-state index in [1.54, 1.807) is 0 Å². The van der Waals surface area contributed by atoms with Crippen LogP contribution in [0.2, 0.25) is 0 Å². The fourth-order valence-corrected chi connectivity index (χ4v) is 4.07. The van der Waals surface area contributed by atoms with Gasteiger partial charge in [0.2, 0.25) is 0 Å². The van der Waals surface area contributed by atoms with Gasteiger partial charge in [-0.3, -0.25) is 9.80 Å². The van der Waals surface area contributed by atoms with Crippen LogP contribution in [0.3, 0.4) is 0 Å². The summed E-state index contributed by atoms with van der Waals surface area (Å²) in [5.41, 5.74) is 0. The third-order valence-corrected chi connectivity index (χ3v) is 5.27. The molecule has 0 aromatic heterocycles. The highest BCUT2D eigenvalue weighted by molar-refractivity contribution is 4.93. The lowest BCUT2D eigenvalue weighted by Crippen LogP contribution is -2.54. The molecule has 3 aliphatic heterocycles. The molecule has 3 aliphatic rings. The van der Waals surface area contributed by atoms with Gasteiger partial charge in [0.15, 0.2) is 0 Å². The molecule has 3 fully saturated rings. The summed E-state index contributed by atoms with van der Waals surface area (Å²) in [6.45, 7) is 7.01. The minimum Gasteiger partial charge on any atom is -0.380 e. The minimum absolute atomic E-state index is 0.591. The number of nitrogens with one attached hydrogen (secondary N) is 1. The molecule has 0 aliphatic carbocycles. The van der Waals surface area contributed by atoms with E-state index < -0.39 is 0 Å². The molecule has 1 N–H and O–H groups in total. The van der Waals surface area contributed by atoms with E-state index in [9.17, 15) is 0 Å². The number of likely N-dealkylation sites (N-methyl/N-ethyl adjacent to an activating group) is 1. The number of likely N-dealkylation sites (tertiary alicyclic amines) is 2. The van der Waals surface area contributed by atoms with Crippen molar-refractivity contribution in [1.82, 2.24) is 15.1 Å². The van der Waals surface area contributed by atoms with E-state index in [1.807, 2.05) is 0 Å². The molecule has 4 heteroatoms. The molecule has 3 heterocycles. The average Bonchev–Trinajstić information content (AvgIpc) is 2.98. The predicted octanol–water partition coefficient (Wildman–Crippen LogP) is 0.924. The Morgan fingerprint density at radius 1 is 1.00 bits per heavy atom. The zero-order chi connectivity index (χ0) is 13.1. The van der Waals surface area contributed by atoms with Gasteiger partial charge in [-0.1, -0.05) is 6.42 Å². The monoisotopic (exact) mass is 267 g/mol. The Hall–Kier alpha value is -0.160. The zero-order valence-corrected chi connectivity index (χ0v) is 12.3. The molecule has 0 aromatic carbocycles. The Kier molecular flexibility index (Phi) is 4.74. The predicted molar refractivity (Wildman–Crippen MR) is 77.5 cm³/mol. The molecule has 0 saturated carbocycles. The summed E-state index contributed by atoms with van der Waals surface area (Å²) in [5.74, 6) is 0. The van der Waals surface area contributed by atoms with Gasteiger partial charge in [-0.15, -0.1) is 0 Å². The Bertz CT molecular complexity index is 281. The normalized spacial score (nSPS) is 38.7. The van der Waals surface area contributed by atoms with E-state index in [4.69, 9.17) is 4.74 Å². The van der Waals surface area contributed by atoms with Crippen molar-refractivity contribution in [3.8, 4) is 0 Å². The highest BCUT2D eigenvalue weighted by atomic mass is 16.5. The topological polar surface area (TPSA) is 27.7 Å². The van der Waals surface area contributed by atoms with Gasteiger partial charge >= 0.3 is 0 Å². The van der Waals surface area contributed by atoms with E-state index in [-0.39, 0.29) is 0 Å². The third-order valence-electron chi connectivity index (χ3n) is 5.27. The van der Waals surface area contributed by atoms with Crippen LogP contribution in [-0.2, 0) is 4.74 Å². The molecule has 3 rings (SSSR count). The average molecular weight is 267 g/mol. The summed E-state index contributed by atoms with van der Waals surface area (Å²) >= 11 is 0. The first-order valence-corrected chi connectivity index (χ1v) is 8.11. The van der Waals surface area contributed by atoms with Gasteiger partial charge in [-0.25, -0.2) is 0 Å². The molecule has 110 valence electrons. The van der Waals surface area contributed by atoms with Crippen molar-refractivity contribution >= 4 is 0 Å². The van der Waals surface area contributed by atoms with Crippen LogP contribution >= 0.6 is 0 Å². The molecular weight excluding hydrogens is 238 g/mol. The van der Waals surface area contributed by atoms with Crippen molar-refractivity contribution < 1.29 is 4.74 Å². The van der Waals surface area contributed by atoms with Crippen LogP contribution < -0.4 is 5.32 Å². The SMILES string of the molecule is CNC1CCOCC1N1CCC(N2CCCCC2)C1. The molecule has 19 heavy (non-hydrogen) atoms. The Morgan fingerprint density at radius 3 is 2.63 bits per heavy atom. The number of rotatable bonds is 3. The second-order valence-corrected chi connectivity index (χ2v) is 6.36. The van der Waals surface area contributed by atoms with Crippen LogP contribution in [0, 0.1) is 0 Å². The number of hydrogen-bond acceptors (Lipinski definition) is 4. The van der Waals surface area contributed by atoms with Crippen LogP contribution in [0.5, 0.6) is 0 Å². The van der Waals surface area contributed by atoms with Crippen molar-refractivity contribution in [3.05, 3.63) is 0 Å². The molecule has 0 spiro atoms. The zero-order valence-electron chi connectivity index (χ0n) is 12.3. The smallest absolute Gasteiger partial charge is 0.0637 e. The van der Waals surface area contributed by atoms with Crippen molar-refractivity contribution in [3.63, 3.8) is 0 Å². The van der Waals surface area contributed by atoms with Gasteiger partial charge in [-0.05, 0) is 45.8 Å². The minimum atomic E-state index is 0.591. The fraction of sp³-hybridized carbons (Fsp3) is 1.00. The first-order valence-electron chi connectivity index (χ1n) is 8.11. The second kappa shape index (κ2) is 6.53. The van der Waals surface area contributed by atoms with E-state index >= 15 is 0 Å².